The molecule has 2 aromatic heterocycles. The number of nitrogens with zero attached hydrogens (tertiary/aromatic N) is 4. The molecule has 0 aliphatic rings. The van der Waals surface area contributed by atoms with Crippen LogP contribution in [0.3, 0.4) is 0 Å². The summed E-state index contributed by atoms with van der Waals surface area (Å²) >= 11 is 0. The number of hydrogen-bond donors (Lipinski definition) is 0. The Morgan fingerprint density at radius 3 is 2.83 bits per heavy atom. The molecule has 0 aliphatic carbocycles. The summed E-state index contributed by atoms with van der Waals surface area (Å²) in [5, 5.41) is 7.62. The third kappa shape index (κ3) is 1.07. The third-order valence-corrected chi connectivity index (χ3v) is 1.67. The van der Waals surface area contributed by atoms with E-state index < -0.39 is 0 Å². The molecule has 12 heavy (non-hydrogen) atoms. The zero-order valence-electron chi connectivity index (χ0n) is 6.68. The molecule has 0 radical (unpaired) electrons. The van der Waals surface area contributed by atoms with E-state index in [0.717, 1.165) is 11.3 Å². The molecule has 0 saturated carbocycles. The first-order chi connectivity index (χ1) is 5.88. The zero-order valence-corrected chi connectivity index (χ0v) is 6.68. The van der Waals surface area contributed by atoms with Crippen molar-refractivity contribution in [3.05, 3.63) is 30.7 Å². The van der Waals surface area contributed by atoms with Crippen molar-refractivity contribution in [2.45, 2.75) is 0 Å². The van der Waals surface area contributed by atoms with Gasteiger partial charge in [0.1, 0.15) is 0 Å². The summed E-state index contributed by atoms with van der Waals surface area (Å²) in [6.45, 7) is 0. The molecule has 60 valence electrons. The Kier molecular flexibility index (Phi) is 1.59. The largest absolute Gasteiger partial charge is 0.264 e. The average molecular weight is 160 g/mol. The SMILES string of the molecule is Cn1nncc1-c1cccnc1. The highest BCUT2D eigenvalue weighted by Gasteiger charge is 2.01. The predicted octanol–water partition coefficient (Wildman–Crippen LogP) is 0.877. The highest BCUT2D eigenvalue weighted by molar-refractivity contribution is 5.56. The van der Waals surface area contributed by atoms with Crippen LogP contribution in [-0.4, -0.2) is 20.0 Å². The lowest BCUT2D eigenvalue weighted by atomic mass is 10.2. The van der Waals surface area contributed by atoms with Crippen molar-refractivity contribution in [1.29, 1.82) is 0 Å². The first-order valence-corrected chi connectivity index (χ1v) is 3.63. The first-order valence-electron chi connectivity index (χ1n) is 3.63. The highest BCUT2D eigenvalue weighted by Crippen LogP contribution is 2.13. The van der Waals surface area contributed by atoms with Gasteiger partial charge in [-0.1, -0.05) is 5.21 Å². The van der Waals surface area contributed by atoms with Gasteiger partial charge >= 0.3 is 0 Å². The van der Waals surface area contributed by atoms with Crippen LogP contribution in [0.4, 0.5) is 0 Å². The smallest absolute Gasteiger partial charge is 0.0897 e. The van der Waals surface area contributed by atoms with Crippen LogP contribution in [0.2, 0.25) is 0 Å². The van der Waals surface area contributed by atoms with E-state index in [1.165, 1.54) is 0 Å². The van der Waals surface area contributed by atoms with Gasteiger partial charge in [0.25, 0.3) is 0 Å². The van der Waals surface area contributed by atoms with Crippen LogP contribution in [-0.2, 0) is 7.05 Å². The van der Waals surface area contributed by atoms with Gasteiger partial charge in [-0.25, -0.2) is 4.68 Å². The Bertz CT molecular complexity index is 366. The molecule has 0 fully saturated rings. The molecule has 2 heterocycles. The second-order valence-electron chi connectivity index (χ2n) is 2.48. The van der Waals surface area contributed by atoms with Crippen LogP contribution in [0, 0.1) is 0 Å². The molecule has 0 saturated heterocycles. The van der Waals surface area contributed by atoms with E-state index in [4.69, 9.17) is 0 Å². The number of pyridine rings is 1. The molecule has 4 heteroatoms. The van der Waals surface area contributed by atoms with Gasteiger partial charge in [-0.2, -0.15) is 0 Å². The maximum absolute atomic E-state index is 4.01. The van der Waals surface area contributed by atoms with E-state index in [-0.39, 0.29) is 0 Å². The van der Waals surface area contributed by atoms with Gasteiger partial charge in [-0.3, -0.25) is 4.98 Å². The summed E-state index contributed by atoms with van der Waals surface area (Å²) in [6, 6.07) is 3.87. The predicted molar refractivity (Wildman–Crippen MR) is 44.2 cm³/mol. The van der Waals surface area contributed by atoms with Crippen LogP contribution in [0.5, 0.6) is 0 Å². The van der Waals surface area contributed by atoms with Gasteiger partial charge in [-0.15, -0.1) is 5.10 Å². The number of aryl methyl sites for hydroxylation is 1. The Hall–Kier alpha value is -1.71. The first kappa shape index (κ1) is 6.97. The van der Waals surface area contributed by atoms with Gasteiger partial charge in [0.15, 0.2) is 0 Å². The van der Waals surface area contributed by atoms with Crippen molar-refractivity contribution < 1.29 is 0 Å². The van der Waals surface area contributed by atoms with E-state index in [9.17, 15) is 0 Å². The van der Waals surface area contributed by atoms with Crippen molar-refractivity contribution >= 4 is 0 Å². The van der Waals surface area contributed by atoms with Crippen LogP contribution >= 0.6 is 0 Å². The van der Waals surface area contributed by atoms with Crippen LogP contribution in [0.15, 0.2) is 30.7 Å². The minimum atomic E-state index is 0.975. The maximum atomic E-state index is 4.01. The van der Waals surface area contributed by atoms with Crippen LogP contribution in [0.1, 0.15) is 0 Å². The summed E-state index contributed by atoms with van der Waals surface area (Å²) in [5.74, 6) is 0. The molecule has 2 aromatic rings. The molecule has 0 aromatic carbocycles. The Morgan fingerprint density at radius 2 is 2.25 bits per heavy atom. The second kappa shape index (κ2) is 2.73. The molecule has 0 atom stereocenters. The van der Waals surface area contributed by atoms with Gasteiger partial charge in [0, 0.05) is 25.0 Å². The lowest BCUT2D eigenvalue weighted by Crippen LogP contribution is -1.93. The Labute approximate surface area is 69.9 Å². The number of aromatic nitrogens is 4. The van der Waals surface area contributed by atoms with Gasteiger partial charge in [0.2, 0.25) is 0 Å². The minimum absolute atomic E-state index is 0.975. The lowest BCUT2D eigenvalue weighted by Gasteiger charge is -1.97. The lowest BCUT2D eigenvalue weighted by molar-refractivity contribution is 0.720. The molecule has 0 unspecified atom stereocenters. The quantitative estimate of drug-likeness (QED) is 0.622. The Morgan fingerprint density at radius 1 is 1.33 bits per heavy atom. The fraction of sp³-hybridized carbons (Fsp3) is 0.125. The van der Waals surface area contributed by atoms with Crippen molar-refractivity contribution in [3.8, 4) is 11.3 Å². The molecule has 2 rings (SSSR count). The van der Waals surface area contributed by atoms with Crippen LogP contribution < -0.4 is 0 Å². The molecular weight excluding hydrogens is 152 g/mol. The zero-order chi connectivity index (χ0) is 8.39. The van der Waals surface area contributed by atoms with Crippen molar-refractivity contribution in [3.63, 3.8) is 0 Å². The number of rotatable bonds is 1. The molecule has 0 amide bonds. The van der Waals surface area contributed by atoms with E-state index in [2.05, 4.69) is 15.3 Å². The van der Waals surface area contributed by atoms with Gasteiger partial charge < -0.3 is 0 Å². The maximum Gasteiger partial charge on any atom is 0.0897 e. The summed E-state index contributed by atoms with van der Waals surface area (Å²) in [7, 11) is 1.86. The van der Waals surface area contributed by atoms with Gasteiger partial charge in [-0.05, 0) is 12.1 Å². The number of hydrogen-bond acceptors (Lipinski definition) is 3. The van der Waals surface area contributed by atoms with Crippen molar-refractivity contribution in [1.82, 2.24) is 20.0 Å². The second-order valence-corrected chi connectivity index (χ2v) is 2.48. The van der Waals surface area contributed by atoms with Gasteiger partial charge in [0.05, 0.1) is 11.9 Å². The molecular formula is C8H8N4. The standard InChI is InChI=1S/C8H8N4/c1-12-8(6-10-11-12)7-3-2-4-9-5-7/h2-6H,1H3. The molecule has 0 spiro atoms. The van der Waals surface area contributed by atoms with Crippen LogP contribution in [0.25, 0.3) is 11.3 Å². The molecule has 4 nitrogen and oxygen atoms in total. The molecule has 0 aliphatic heterocycles. The third-order valence-electron chi connectivity index (χ3n) is 1.67. The van der Waals surface area contributed by atoms with E-state index in [1.54, 1.807) is 23.3 Å². The van der Waals surface area contributed by atoms with E-state index in [1.807, 2.05) is 19.2 Å². The monoisotopic (exact) mass is 160 g/mol. The van der Waals surface area contributed by atoms with Crippen molar-refractivity contribution in [2.24, 2.45) is 7.05 Å². The average Bonchev–Trinajstić information content (AvgIpc) is 2.53. The van der Waals surface area contributed by atoms with E-state index in [0.29, 0.717) is 0 Å². The molecule has 0 bridgehead atoms. The molecule has 0 N–H and O–H groups in total. The highest BCUT2D eigenvalue weighted by atomic mass is 15.4. The van der Waals surface area contributed by atoms with Crippen molar-refractivity contribution in [2.75, 3.05) is 0 Å². The van der Waals surface area contributed by atoms with E-state index >= 15 is 0 Å². The minimum Gasteiger partial charge on any atom is -0.264 e. The summed E-state index contributed by atoms with van der Waals surface area (Å²) < 4.78 is 1.72. The Balaban J connectivity index is 2.51. The summed E-state index contributed by atoms with van der Waals surface area (Å²) in [6.07, 6.45) is 5.25. The summed E-state index contributed by atoms with van der Waals surface area (Å²) in [5.41, 5.74) is 2.01. The fourth-order valence-corrected chi connectivity index (χ4v) is 1.07. The summed E-state index contributed by atoms with van der Waals surface area (Å²) in [4.78, 5) is 4.01. The normalized spacial score (nSPS) is 10.1. The fourth-order valence-electron chi connectivity index (χ4n) is 1.07. The topological polar surface area (TPSA) is 43.6 Å².